The van der Waals surface area contributed by atoms with Crippen LogP contribution < -0.4 is 5.32 Å². The van der Waals surface area contributed by atoms with Gasteiger partial charge in [0, 0.05) is 12.1 Å². The van der Waals surface area contributed by atoms with Crippen LogP contribution in [0.1, 0.15) is 38.3 Å². The molecule has 112 valence electrons. The first-order valence-electron chi connectivity index (χ1n) is 7.43. The quantitative estimate of drug-likeness (QED) is 0.781. The fourth-order valence-corrected chi connectivity index (χ4v) is 2.44. The first-order valence-corrected chi connectivity index (χ1v) is 7.43. The third-order valence-corrected chi connectivity index (χ3v) is 3.56. The standard InChI is InChI=1S/C18H21F2N/c1-3-9-21-18(4-2)14-7-5-13(6-8-14)15-10-16(19)12-17(20)11-15/h5-8,10-12,18,21H,3-4,9H2,1-2H3. The Labute approximate surface area is 125 Å². The Morgan fingerprint density at radius 2 is 1.52 bits per heavy atom. The minimum absolute atomic E-state index is 0.322. The number of hydrogen-bond acceptors (Lipinski definition) is 1. The maximum atomic E-state index is 13.3. The summed E-state index contributed by atoms with van der Waals surface area (Å²) in [7, 11) is 0. The summed E-state index contributed by atoms with van der Waals surface area (Å²) in [5.41, 5.74) is 2.59. The highest BCUT2D eigenvalue weighted by Gasteiger charge is 2.09. The van der Waals surface area contributed by atoms with Gasteiger partial charge in [0.15, 0.2) is 0 Å². The average molecular weight is 289 g/mol. The fourth-order valence-electron chi connectivity index (χ4n) is 2.44. The zero-order valence-corrected chi connectivity index (χ0v) is 12.5. The highest BCUT2D eigenvalue weighted by Crippen LogP contribution is 2.24. The van der Waals surface area contributed by atoms with E-state index >= 15 is 0 Å². The third kappa shape index (κ3) is 4.11. The Morgan fingerprint density at radius 1 is 0.905 bits per heavy atom. The summed E-state index contributed by atoms with van der Waals surface area (Å²) >= 11 is 0. The molecule has 0 heterocycles. The highest BCUT2D eigenvalue weighted by molar-refractivity contribution is 5.63. The Kier molecular flexibility index (Phi) is 5.45. The molecule has 0 saturated carbocycles. The van der Waals surface area contributed by atoms with Gasteiger partial charge in [0.25, 0.3) is 0 Å². The average Bonchev–Trinajstić information content (AvgIpc) is 2.47. The molecule has 21 heavy (non-hydrogen) atoms. The molecule has 1 unspecified atom stereocenters. The highest BCUT2D eigenvalue weighted by atomic mass is 19.1. The van der Waals surface area contributed by atoms with Crippen LogP contribution in [-0.4, -0.2) is 6.54 Å². The number of benzene rings is 2. The van der Waals surface area contributed by atoms with Crippen molar-refractivity contribution in [2.75, 3.05) is 6.54 Å². The van der Waals surface area contributed by atoms with E-state index < -0.39 is 11.6 Å². The van der Waals surface area contributed by atoms with Crippen LogP contribution in [0.5, 0.6) is 0 Å². The molecule has 0 bridgehead atoms. The van der Waals surface area contributed by atoms with Gasteiger partial charge in [-0.3, -0.25) is 0 Å². The second-order valence-electron chi connectivity index (χ2n) is 5.20. The van der Waals surface area contributed by atoms with E-state index in [1.807, 2.05) is 24.3 Å². The number of halogens is 2. The van der Waals surface area contributed by atoms with Gasteiger partial charge < -0.3 is 5.32 Å². The van der Waals surface area contributed by atoms with E-state index in [1.165, 1.54) is 17.7 Å². The molecular formula is C18H21F2N. The molecular weight excluding hydrogens is 268 g/mol. The topological polar surface area (TPSA) is 12.0 Å². The smallest absolute Gasteiger partial charge is 0.126 e. The van der Waals surface area contributed by atoms with Crippen LogP contribution >= 0.6 is 0 Å². The lowest BCUT2D eigenvalue weighted by Crippen LogP contribution is -2.21. The van der Waals surface area contributed by atoms with Crippen LogP contribution in [0, 0.1) is 11.6 Å². The Morgan fingerprint density at radius 3 is 2.05 bits per heavy atom. The van der Waals surface area contributed by atoms with Crippen molar-refractivity contribution in [3.8, 4) is 11.1 Å². The zero-order chi connectivity index (χ0) is 15.2. The van der Waals surface area contributed by atoms with Gasteiger partial charge in [-0.1, -0.05) is 38.1 Å². The summed E-state index contributed by atoms with van der Waals surface area (Å²) in [6.45, 7) is 5.26. The SMILES string of the molecule is CCCNC(CC)c1ccc(-c2cc(F)cc(F)c2)cc1. The predicted octanol–water partition coefficient (Wildman–Crippen LogP) is 5.08. The molecule has 3 heteroatoms. The van der Waals surface area contributed by atoms with Gasteiger partial charge >= 0.3 is 0 Å². The van der Waals surface area contributed by atoms with E-state index in [4.69, 9.17) is 0 Å². The molecule has 0 saturated heterocycles. The lowest BCUT2D eigenvalue weighted by molar-refractivity contribution is 0.518. The minimum Gasteiger partial charge on any atom is -0.310 e. The largest absolute Gasteiger partial charge is 0.310 e. The van der Waals surface area contributed by atoms with E-state index in [9.17, 15) is 8.78 Å². The molecule has 0 radical (unpaired) electrons. The molecule has 2 aromatic carbocycles. The molecule has 1 atom stereocenters. The minimum atomic E-state index is -0.551. The van der Waals surface area contributed by atoms with Crippen LogP contribution in [0.4, 0.5) is 8.78 Å². The van der Waals surface area contributed by atoms with Crippen molar-refractivity contribution in [2.24, 2.45) is 0 Å². The van der Waals surface area contributed by atoms with Gasteiger partial charge in [-0.15, -0.1) is 0 Å². The van der Waals surface area contributed by atoms with Gasteiger partial charge in [0.05, 0.1) is 0 Å². The molecule has 1 N–H and O–H groups in total. The van der Waals surface area contributed by atoms with E-state index in [-0.39, 0.29) is 0 Å². The fraction of sp³-hybridized carbons (Fsp3) is 0.333. The molecule has 0 aliphatic heterocycles. The van der Waals surface area contributed by atoms with E-state index in [2.05, 4.69) is 19.2 Å². The summed E-state index contributed by atoms with van der Waals surface area (Å²) in [6, 6.07) is 11.8. The molecule has 0 aliphatic rings. The van der Waals surface area contributed by atoms with Crippen LogP contribution in [0.3, 0.4) is 0 Å². The third-order valence-electron chi connectivity index (χ3n) is 3.56. The second kappa shape index (κ2) is 7.32. The number of rotatable bonds is 6. The van der Waals surface area contributed by atoms with Gasteiger partial charge in [0.1, 0.15) is 11.6 Å². The van der Waals surface area contributed by atoms with Crippen molar-refractivity contribution in [1.29, 1.82) is 0 Å². The van der Waals surface area contributed by atoms with Crippen molar-refractivity contribution >= 4 is 0 Å². The van der Waals surface area contributed by atoms with Gasteiger partial charge in [-0.25, -0.2) is 8.78 Å². The lowest BCUT2D eigenvalue weighted by Gasteiger charge is -2.17. The van der Waals surface area contributed by atoms with Gasteiger partial charge in [-0.2, -0.15) is 0 Å². The normalized spacial score (nSPS) is 12.4. The summed E-state index contributed by atoms with van der Waals surface area (Å²) in [5, 5.41) is 3.49. The van der Waals surface area contributed by atoms with E-state index in [0.29, 0.717) is 11.6 Å². The van der Waals surface area contributed by atoms with Crippen molar-refractivity contribution in [3.63, 3.8) is 0 Å². The molecule has 0 aliphatic carbocycles. The van der Waals surface area contributed by atoms with Gasteiger partial charge in [-0.05, 0) is 48.2 Å². The van der Waals surface area contributed by atoms with Crippen molar-refractivity contribution < 1.29 is 8.78 Å². The van der Waals surface area contributed by atoms with Crippen LogP contribution in [-0.2, 0) is 0 Å². The first kappa shape index (κ1) is 15.6. The maximum absolute atomic E-state index is 13.3. The molecule has 0 spiro atoms. The Bertz CT molecular complexity index is 558. The first-order chi connectivity index (χ1) is 10.1. The van der Waals surface area contributed by atoms with E-state index in [0.717, 1.165) is 31.0 Å². The van der Waals surface area contributed by atoms with Crippen LogP contribution in [0.15, 0.2) is 42.5 Å². The molecule has 0 fully saturated rings. The van der Waals surface area contributed by atoms with E-state index in [1.54, 1.807) is 0 Å². The molecule has 0 amide bonds. The predicted molar refractivity (Wildman–Crippen MR) is 83.1 cm³/mol. The summed E-state index contributed by atoms with van der Waals surface area (Å²) in [5.74, 6) is -1.10. The number of nitrogens with one attached hydrogen (secondary N) is 1. The Hall–Kier alpha value is -1.74. The Balaban J connectivity index is 2.21. The van der Waals surface area contributed by atoms with Gasteiger partial charge in [0.2, 0.25) is 0 Å². The van der Waals surface area contributed by atoms with Crippen molar-refractivity contribution in [2.45, 2.75) is 32.7 Å². The summed E-state index contributed by atoms with van der Waals surface area (Å²) in [4.78, 5) is 0. The van der Waals surface area contributed by atoms with Crippen LogP contribution in [0.2, 0.25) is 0 Å². The summed E-state index contributed by atoms with van der Waals surface area (Å²) < 4.78 is 26.5. The second-order valence-corrected chi connectivity index (χ2v) is 5.20. The zero-order valence-electron chi connectivity index (χ0n) is 12.5. The molecule has 0 aromatic heterocycles. The van der Waals surface area contributed by atoms with Crippen LogP contribution in [0.25, 0.3) is 11.1 Å². The maximum Gasteiger partial charge on any atom is 0.126 e. The monoisotopic (exact) mass is 289 g/mol. The molecule has 2 aromatic rings. The summed E-state index contributed by atoms with van der Waals surface area (Å²) in [6.07, 6.45) is 2.10. The molecule has 1 nitrogen and oxygen atoms in total. The molecule has 2 rings (SSSR count). The lowest BCUT2D eigenvalue weighted by atomic mass is 9.99. The van der Waals surface area contributed by atoms with Crippen molar-refractivity contribution in [3.05, 3.63) is 59.7 Å². The van der Waals surface area contributed by atoms with Crippen molar-refractivity contribution in [1.82, 2.24) is 5.32 Å². The number of hydrogen-bond donors (Lipinski definition) is 1.